The fourth-order valence-corrected chi connectivity index (χ4v) is 6.55. The second kappa shape index (κ2) is 10.6. The lowest BCUT2D eigenvalue weighted by atomic mass is 9.86. The van der Waals surface area contributed by atoms with Crippen LogP contribution in [0, 0.1) is 5.82 Å². The van der Waals surface area contributed by atoms with Crippen molar-refractivity contribution in [1.82, 2.24) is 14.7 Å². The van der Waals surface area contributed by atoms with E-state index >= 15 is 0 Å². The van der Waals surface area contributed by atoms with E-state index in [-0.39, 0.29) is 41.7 Å². The van der Waals surface area contributed by atoms with Crippen molar-refractivity contribution >= 4 is 23.2 Å². The number of amides is 2. The molecule has 1 fully saturated rings. The summed E-state index contributed by atoms with van der Waals surface area (Å²) in [5, 5.41) is 2.08. The zero-order chi connectivity index (χ0) is 27.0. The first-order chi connectivity index (χ1) is 18.1. The molecule has 1 saturated heterocycles. The summed E-state index contributed by atoms with van der Waals surface area (Å²) in [6.45, 7) is 11.0. The lowest BCUT2D eigenvalue weighted by Gasteiger charge is -2.42. The van der Waals surface area contributed by atoms with Gasteiger partial charge in [0.2, 0.25) is 5.91 Å². The molecule has 3 aromatic rings. The van der Waals surface area contributed by atoms with Crippen LogP contribution in [0.15, 0.2) is 60.0 Å². The Labute approximate surface area is 228 Å². The molecule has 0 bridgehead atoms. The molecule has 0 spiro atoms. The van der Waals surface area contributed by atoms with E-state index < -0.39 is 0 Å². The van der Waals surface area contributed by atoms with Crippen LogP contribution < -0.4 is 0 Å². The fourth-order valence-electron chi connectivity index (χ4n) is 5.64. The van der Waals surface area contributed by atoms with Gasteiger partial charge in [-0.2, -0.15) is 0 Å². The molecule has 2 aliphatic heterocycles. The summed E-state index contributed by atoms with van der Waals surface area (Å²) in [4.78, 5) is 34.0. The largest absolute Gasteiger partial charge is 0.338 e. The third-order valence-electron chi connectivity index (χ3n) is 7.81. The standard InChI is InChI=1S/C31H36FN3O2S/c1-21-19-33(15-16-35(21)30(37)22-8-10-24(11-9-22)31(2,3)4)28(36)20-34-14-12-27-26(13-17-38-27)29(34)23-6-5-7-25(32)18-23/h5-11,13,17-18,21,29H,12,14-16,19-20H2,1-4H3/t21-,29+/m1/s1. The number of carbonyl (C=O) groups excluding carboxylic acids is 2. The van der Waals surface area contributed by atoms with E-state index in [9.17, 15) is 14.0 Å². The van der Waals surface area contributed by atoms with Crippen molar-refractivity contribution in [1.29, 1.82) is 0 Å². The Balaban J connectivity index is 1.25. The maximum atomic E-state index is 14.1. The van der Waals surface area contributed by atoms with Crippen LogP contribution in [-0.2, 0) is 16.6 Å². The Hall–Kier alpha value is -3.03. The van der Waals surface area contributed by atoms with E-state index in [4.69, 9.17) is 0 Å². The highest BCUT2D eigenvalue weighted by molar-refractivity contribution is 7.10. The van der Waals surface area contributed by atoms with E-state index in [0.29, 0.717) is 25.2 Å². The first-order valence-corrected chi connectivity index (χ1v) is 14.2. The number of fused-ring (bicyclic) bond motifs is 1. The number of piperazine rings is 1. The van der Waals surface area contributed by atoms with E-state index in [2.05, 4.69) is 37.1 Å². The highest BCUT2D eigenvalue weighted by atomic mass is 32.1. The van der Waals surface area contributed by atoms with Gasteiger partial charge in [0.25, 0.3) is 5.91 Å². The van der Waals surface area contributed by atoms with Crippen molar-refractivity contribution in [3.05, 3.63) is 92.9 Å². The summed E-state index contributed by atoms with van der Waals surface area (Å²) in [6.07, 6.45) is 0.888. The van der Waals surface area contributed by atoms with Crippen LogP contribution >= 0.6 is 11.3 Å². The molecule has 38 heavy (non-hydrogen) atoms. The van der Waals surface area contributed by atoms with Crippen LogP contribution in [-0.4, -0.2) is 65.3 Å². The van der Waals surface area contributed by atoms with Gasteiger partial charge in [-0.15, -0.1) is 11.3 Å². The summed E-state index contributed by atoms with van der Waals surface area (Å²) < 4.78 is 14.1. The Morgan fingerprint density at radius 3 is 2.47 bits per heavy atom. The lowest BCUT2D eigenvalue weighted by Crippen LogP contribution is -2.57. The number of hydrogen-bond donors (Lipinski definition) is 0. The van der Waals surface area contributed by atoms with Gasteiger partial charge >= 0.3 is 0 Å². The SMILES string of the molecule is C[C@@H]1CN(C(=O)CN2CCc3sccc3[C@@H]2c2cccc(F)c2)CCN1C(=O)c1ccc(C(C)(C)C)cc1. The average Bonchev–Trinajstić information content (AvgIpc) is 3.36. The fraction of sp³-hybridized carbons (Fsp3) is 0.419. The smallest absolute Gasteiger partial charge is 0.254 e. The summed E-state index contributed by atoms with van der Waals surface area (Å²) in [5.41, 5.74) is 3.96. The molecular weight excluding hydrogens is 497 g/mol. The van der Waals surface area contributed by atoms with Crippen molar-refractivity contribution in [2.24, 2.45) is 0 Å². The zero-order valence-electron chi connectivity index (χ0n) is 22.6. The summed E-state index contributed by atoms with van der Waals surface area (Å²) >= 11 is 1.73. The molecule has 0 N–H and O–H groups in total. The van der Waals surface area contributed by atoms with Crippen LogP contribution in [0.5, 0.6) is 0 Å². The maximum Gasteiger partial charge on any atom is 0.254 e. The van der Waals surface area contributed by atoms with Crippen LogP contribution in [0.2, 0.25) is 0 Å². The highest BCUT2D eigenvalue weighted by Crippen LogP contribution is 2.38. The van der Waals surface area contributed by atoms with E-state index in [1.165, 1.54) is 22.1 Å². The van der Waals surface area contributed by atoms with Crippen LogP contribution in [0.3, 0.4) is 0 Å². The van der Waals surface area contributed by atoms with Gasteiger partial charge in [-0.05, 0) is 71.2 Å². The highest BCUT2D eigenvalue weighted by Gasteiger charge is 2.35. The predicted octanol–water partition coefficient (Wildman–Crippen LogP) is 5.51. The monoisotopic (exact) mass is 533 g/mol. The molecule has 0 radical (unpaired) electrons. The minimum absolute atomic E-state index is 0.0113. The maximum absolute atomic E-state index is 14.1. The quantitative estimate of drug-likeness (QED) is 0.445. The molecule has 2 amide bonds. The molecule has 1 aromatic heterocycles. The van der Waals surface area contributed by atoms with Crippen molar-refractivity contribution in [2.75, 3.05) is 32.7 Å². The number of rotatable bonds is 4. The van der Waals surface area contributed by atoms with E-state index in [1.54, 1.807) is 23.5 Å². The van der Waals surface area contributed by atoms with Gasteiger partial charge in [0.05, 0.1) is 12.6 Å². The van der Waals surface area contributed by atoms with Gasteiger partial charge in [-0.3, -0.25) is 14.5 Å². The summed E-state index contributed by atoms with van der Waals surface area (Å²) in [7, 11) is 0. The molecule has 7 heteroatoms. The first-order valence-electron chi connectivity index (χ1n) is 13.4. The Bertz CT molecular complexity index is 1310. The third kappa shape index (κ3) is 5.40. The van der Waals surface area contributed by atoms with Crippen molar-refractivity contribution in [3.8, 4) is 0 Å². The van der Waals surface area contributed by atoms with Gasteiger partial charge < -0.3 is 9.80 Å². The minimum Gasteiger partial charge on any atom is -0.338 e. The van der Waals surface area contributed by atoms with E-state index in [1.807, 2.05) is 47.1 Å². The molecule has 0 aliphatic carbocycles. The predicted molar refractivity (Wildman–Crippen MR) is 150 cm³/mol. The van der Waals surface area contributed by atoms with Crippen molar-refractivity contribution < 1.29 is 14.0 Å². The van der Waals surface area contributed by atoms with Crippen LogP contribution in [0.25, 0.3) is 0 Å². The topological polar surface area (TPSA) is 43.9 Å². The number of thiophene rings is 1. The minimum atomic E-state index is -0.265. The molecule has 2 aromatic carbocycles. The molecule has 2 aliphatic rings. The molecule has 0 saturated carbocycles. The second-order valence-electron chi connectivity index (χ2n) is 11.5. The van der Waals surface area contributed by atoms with Gasteiger partial charge in [0.1, 0.15) is 5.82 Å². The molecule has 5 rings (SSSR count). The number of halogens is 1. The first kappa shape index (κ1) is 26.6. The molecule has 0 unspecified atom stereocenters. The Kier molecular flexibility index (Phi) is 7.43. The summed E-state index contributed by atoms with van der Waals surface area (Å²) in [5.74, 6) is -0.199. The molecule has 3 heterocycles. The van der Waals surface area contributed by atoms with Gasteiger partial charge in [0.15, 0.2) is 0 Å². The molecule has 5 nitrogen and oxygen atoms in total. The van der Waals surface area contributed by atoms with Gasteiger partial charge in [-0.25, -0.2) is 4.39 Å². The second-order valence-corrected chi connectivity index (χ2v) is 12.5. The van der Waals surface area contributed by atoms with Crippen LogP contribution in [0.1, 0.15) is 65.7 Å². The third-order valence-corrected chi connectivity index (χ3v) is 8.80. The number of benzene rings is 2. The van der Waals surface area contributed by atoms with E-state index in [0.717, 1.165) is 18.5 Å². The molecular formula is C31H36FN3O2S. The zero-order valence-corrected chi connectivity index (χ0v) is 23.4. The van der Waals surface area contributed by atoms with Gasteiger partial charge in [0, 0.05) is 42.7 Å². The van der Waals surface area contributed by atoms with Gasteiger partial charge in [-0.1, -0.05) is 45.0 Å². The Morgan fingerprint density at radius 2 is 1.79 bits per heavy atom. The number of nitrogens with zero attached hydrogens (tertiary/aromatic N) is 3. The number of carbonyl (C=O) groups is 2. The normalized spacial score (nSPS) is 20.3. The van der Waals surface area contributed by atoms with Crippen molar-refractivity contribution in [2.45, 2.75) is 51.6 Å². The van der Waals surface area contributed by atoms with Crippen LogP contribution in [0.4, 0.5) is 4.39 Å². The lowest BCUT2D eigenvalue weighted by molar-refractivity contribution is -0.135. The molecule has 2 atom stereocenters. The Morgan fingerprint density at radius 1 is 1.03 bits per heavy atom. The summed E-state index contributed by atoms with van der Waals surface area (Å²) in [6, 6.07) is 16.5. The molecule has 200 valence electrons. The number of hydrogen-bond acceptors (Lipinski definition) is 4. The van der Waals surface area contributed by atoms with Crippen molar-refractivity contribution in [3.63, 3.8) is 0 Å². The average molecular weight is 534 g/mol.